The Morgan fingerprint density at radius 2 is 0.446 bits per heavy atom. The van der Waals surface area contributed by atoms with Gasteiger partial charge in [0.05, 0.1) is 34.1 Å². The van der Waals surface area contributed by atoms with Crippen LogP contribution >= 0.6 is 0 Å². The molecule has 0 N–H and O–H groups in total. The van der Waals surface area contributed by atoms with E-state index in [1.807, 2.05) is 0 Å². The van der Waals surface area contributed by atoms with E-state index in [0.717, 1.165) is 180 Å². The molecule has 0 amide bonds. The summed E-state index contributed by atoms with van der Waals surface area (Å²) in [6, 6.07) is 178. The molecule has 20 aromatic rings. The predicted molar refractivity (Wildman–Crippen MR) is 635 cm³/mol. The third-order valence-electron chi connectivity index (χ3n) is 30.9. The van der Waals surface area contributed by atoms with Gasteiger partial charge in [-0.15, -0.1) is 0 Å². The number of fused-ring (bicyclic) bond motifs is 8. The van der Waals surface area contributed by atoms with Crippen LogP contribution in [-0.4, -0.2) is 13.4 Å². The molecule has 0 fully saturated rings. The summed E-state index contributed by atoms with van der Waals surface area (Å²) >= 11 is 0. The standard InChI is InChI=1S/C140H122B2N6/c1-136(2,3)101-71-76-108(77-72-101)143(106-59-36-22-37-60-106)110-89-128-133-130(91-110)147(135-116(97-54-32-20-33-55-97)85-105(140(13,14)15)86-117(135)98-56-34-21-35-57-98)124-69-43-41-67-118(124)142(133)121-83-100(70-80-125(121)145(128)123-81-75-102(137(4,5)6)84-115(123)96-52-30-19-31-53-96)99-58-44-63-109(82-99)144(107-61-38-23-39-62-107)111-90-129-132-131(92-111)148(134-113(94-48-26-17-27-49-94)65-45-66-114(134)95-50-28-18-29-51-95)127-88-104(139(10,11)12)74-79-120(127)141(132)119-78-73-103(138(7,8)9)87-126(119)146(129)122-68-42-40-64-112(122)93-46-24-16-25-47-93/h16-92H,1-15H3. The van der Waals surface area contributed by atoms with E-state index >= 15 is 0 Å². The van der Waals surface area contributed by atoms with Crippen molar-refractivity contribution in [1.29, 1.82) is 0 Å². The number of hydrogen-bond donors (Lipinski definition) is 0. The van der Waals surface area contributed by atoms with Crippen molar-refractivity contribution in [2.24, 2.45) is 0 Å². The lowest BCUT2D eigenvalue weighted by Crippen LogP contribution is -2.61. The van der Waals surface area contributed by atoms with Gasteiger partial charge in [-0.2, -0.15) is 0 Å². The fourth-order valence-electron chi connectivity index (χ4n) is 23.3. The second kappa shape index (κ2) is 36.8. The average molecular weight is 1910 g/mol. The molecule has 4 heterocycles. The fraction of sp³-hybridized carbons (Fsp3) is 0.143. The van der Waals surface area contributed by atoms with Crippen LogP contribution in [0.4, 0.5) is 102 Å². The van der Waals surface area contributed by atoms with Crippen LogP contribution in [0.25, 0.3) is 77.9 Å². The molecule has 4 aliphatic heterocycles. The molecule has 0 atom stereocenters. The Hall–Kier alpha value is -16.7. The molecule has 0 saturated heterocycles. The molecule has 6 nitrogen and oxygen atoms in total. The van der Waals surface area contributed by atoms with Crippen LogP contribution in [0.15, 0.2) is 467 Å². The summed E-state index contributed by atoms with van der Waals surface area (Å²) in [4.78, 5) is 15.8. The average Bonchev–Trinajstić information content (AvgIpc) is 0.698. The molecule has 0 bridgehead atoms. The first-order valence-corrected chi connectivity index (χ1v) is 52.5. The highest BCUT2D eigenvalue weighted by atomic mass is 15.2. The number of nitrogens with zero attached hydrogens (tertiary/aromatic N) is 6. The van der Waals surface area contributed by atoms with Crippen LogP contribution in [0.3, 0.4) is 0 Å². The lowest BCUT2D eigenvalue weighted by Gasteiger charge is -2.46. The zero-order chi connectivity index (χ0) is 101. The fourth-order valence-corrected chi connectivity index (χ4v) is 23.3. The maximum atomic E-state index is 2.70. The highest BCUT2D eigenvalue weighted by Gasteiger charge is 2.49. The summed E-state index contributed by atoms with van der Waals surface area (Å²) in [6.07, 6.45) is 0. The minimum absolute atomic E-state index is 0.0856. The Labute approximate surface area is 875 Å². The van der Waals surface area contributed by atoms with Gasteiger partial charge in [-0.1, -0.05) is 444 Å². The lowest BCUT2D eigenvalue weighted by molar-refractivity contribution is 0.590. The summed E-state index contributed by atoms with van der Waals surface area (Å²) in [5.74, 6) is 0. The van der Waals surface area contributed by atoms with Crippen molar-refractivity contribution in [3.8, 4) is 77.9 Å². The van der Waals surface area contributed by atoms with E-state index in [4.69, 9.17) is 0 Å². The molecule has 8 heteroatoms. The first-order chi connectivity index (χ1) is 71.6. The van der Waals surface area contributed by atoms with Crippen molar-refractivity contribution in [2.75, 3.05) is 29.4 Å². The first-order valence-electron chi connectivity index (χ1n) is 52.5. The molecular weight excluding hydrogens is 1790 g/mol. The van der Waals surface area contributed by atoms with Gasteiger partial charge in [0.15, 0.2) is 0 Å². The van der Waals surface area contributed by atoms with Crippen LogP contribution in [0.1, 0.15) is 132 Å². The summed E-state index contributed by atoms with van der Waals surface area (Å²) < 4.78 is 0. The zero-order valence-electron chi connectivity index (χ0n) is 87.3. The molecule has 4 aliphatic rings. The molecule has 0 radical (unpaired) electrons. The number of rotatable bonds is 17. The molecule has 0 aromatic heterocycles. The van der Waals surface area contributed by atoms with Crippen molar-refractivity contribution in [3.05, 3.63) is 495 Å². The van der Waals surface area contributed by atoms with Crippen LogP contribution < -0.4 is 62.2 Å². The molecule has 0 spiro atoms. The molecule has 0 saturated carbocycles. The number of para-hydroxylation sites is 5. The topological polar surface area (TPSA) is 19.4 Å². The lowest BCUT2D eigenvalue weighted by atomic mass is 9.33. The van der Waals surface area contributed by atoms with Gasteiger partial charge in [0.2, 0.25) is 0 Å². The van der Waals surface area contributed by atoms with E-state index in [1.54, 1.807) is 0 Å². The van der Waals surface area contributed by atoms with Crippen molar-refractivity contribution >= 4 is 149 Å². The van der Waals surface area contributed by atoms with Gasteiger partial charge in [0, 0.05) is 102 Å². The van der Waals surface area contributed by atoms with Gasteiger partial charge in [-0.25, -0.2) is 0 Å². The first kappa shape index (κ1) is 93.7. The minimum Gasteiger partial charge on any atom is -0.311 e. The second-order valence-electron chi connectivity index (χ2n) is 45.6. The third kappa shape index (κ3) is 16.7. The Morgan fingerprint density at radius 3 is 0.926 bits per heavy atom. The summed E-state index contributed by atoms with van der Waals surface area (Å²) in [5, 5.41) is 0. The largest absolute Gasteiger partial charge is 0.311 e. The Balaban J connectivity index is 0.790. The van der Waals surface area contributed by atoms with Gasteiger partial charge >= 0.3 is 0 Å². The van der Waals surface area contributed by atoms with Crippen molar-refractivity contribution in [3.63, 3.8) is 0 Å². The number of anilines is 18. The van der Waals surface area contributed by atoms with Crippen LogP contribution in [0.2, 0.25) is 0 Å². The van der Waals surface area contributed by atoms with E-state index in [0.29, 0.717) is 0 Å². The molecule has 0 aliphatic carbocycles. The zero-order valence-corrected chi connectivity index (χ0v) is 87.3. The summed E-state index contributed by atoms with van der Waals surface area (Å²) in [6.45, 7) is 34.7. The van der Waals surface area contributed by atoms with Crippen molar-refractivity contribution in [1.82, 2.24) is 0 Å². The van der Waals surface area contributed by atoms with Gasteiger partial charge in [0.1, 0.15) is 0 Å². The monoisotopic (exact) mass is 1910 g/mol. The molecule has 20 aromatic carbocycles. The number of benzene rings is 20. The van der Waals surface area contributed by atoms with E-state index in [9.17, 15) is 0 Å². The van der Waals surface area contributed by atoms with E-state index in [-0.39, 0.29) is 40.5 Å². The van der Waals surface area contributed by atoms with E-state index in [1.165, 1.54) is 60.6 Å². The molecule has 24 rings (SSSR count). The van der Waals surface area contributed by atoms with Crippen LogP contribution in [0.5, 0.6) is 0 Å². The molecule has 718 valence electrons. The van der Waals surface area contributed by atoms with Crippen LogP contribution in [-0.2, 0) is 27.1 Å². The molecular formula is C140H122B2N6. The Morgan fingerprint density at radius 1 is 0.155 bits per heavy atom. The highest BCUT2D eigenvalue weighted by molar-refractivity contribution is 7.01. The summed E-state index contributed by atoms with van der Waals surface area (Å²) in [5.41, 5.74) is 47.9. The van der Waals surface area contributed by atoms with Gasteiger partial charge < -0.3 is 29.4 Å². The molecule has 148 heavy (non-hydrogen) atoms. The van der Waals surface area contributed by atoms with E-state index < -0.39 is 0 Å². The van der Waals surface area contributed by atoms with Crippen molar-refractivity contribution in [2.45, 2.75) is 131 Å². The van der Waals surface area contributed by atoms with Gasteiger partial charge in [-0.05, 0) is 260 Å². The van der Waals surface area contributed by atoms with Crippen molar-refractivity contribution < 1.29 is 0 Å². The Kier molecular flexibility index (Phi) is 23.3. The smallest absolute Gasteiger partial charge is 0.252 e. The van der Waals surface area contributed by atoms with E-state index in [2.05, 4.69) is 600 Å². The third-order valence-corrected chi connectivity index (χ3v) is 30.9. The van der Waals surface area contributed by atoms with Gasteiger partial charge in [0.25, 0.3) is 13.4 Å². The maximum Gasteiger partial charge on any atom is 0.252 e. The minimum atomic E-state index is -0.320. The predicted octanol–water partition coefficient (Wildman–Crippen LogP) is 34.9. The normalized spacial score (nSPS) is 13.0. The SMILES string of the molecule is CC(C)(C)c1ccc(N(c2ccccc2)c2cc3c4c(c2)N(c2c(-c5ccccc5)cc(C(C)(C)C)cc2-c2ccccc2)c2ccccc2B4c2cc(-c4cccc(N(c5ccccc5)c5cc6c7c(c5)N(c5c(-c8ccccc8)cccc5-c5ccccc5)c5cc(C(C)(C)C)ccc5B7c5ccc(C(C)(C)C)cc5N6c5ccccc5-c5ccccc5)c4)ccc2N3c2ccc(C(C)(C)C)cc2-c2ccccc2)cc1. The van der Waals surface area contributed by atoms with Crippen LogP contribution in [0, 0.1) is 0 Å². The van der Waals surface area contributed by atoms with Gasteiger partial charge in [-0.3, -0.25) is 0 Å². The second-order valence-corrected chi connectivity index (χ2v) is 45.6. The Bertz CT molecular complexity index is 8350. The number of hydrogen-bond acceptors (Lipinski definition) is 6. The molecule has 0 unspecified atom stereocenters. The quantitative estimate of drug-likeness (QED) is 0.0841. The maximum absolute atomic E-state index is 2.70. The summed E-state index contributed by atoms with van der Waals surface area (Å²) in [7, 11) is 0. The highest BCUT2D eigenvalue weighted by Crippen LogP contribution is 2.59.